The molecule has 8 heteroatoms. The number of ether oxygens (including phenoxy) is 2. The van der Waals surface area contributed by atoms with E-state index in [9.17, 15) is 14.4 Å². The first-order chi connectivity index (χ1) is 14.5. The van der Waals surface area contributed by atoms with E-state index in [0.29, 0.717) is 25.6 Å². The Morgan fingerprint density at radius 3 is 2.80 bits per heavy atom. The Kier molecular flexibility index (Phi) is 6.63. The van der Waals surface area contributed by atoms with E-state index in [1.54, 1.807) is 12.0 Å². The maximum Gasteiger partial charge on any atom is 0.286 e. The van der Waals surface area contributed by atoms with E-state index in [2.05, 4.69) is 17.4 Å². The molecule has 1 saturated carbocycles. The van der Waals surface area contributed by atoms with Crippen LogP contribution in [0.5, 0.6) is 5.75 Å². The van der Waals surface area contributed by atoms with Gasteiger partial charge in [-0.2, -0.15) is 0 Å². The Hall–Kier alpha value is -2.06. The maximum atomic E-state index is 12.8. The summed E-state index contributed by atoms with van der Waals surface area (Å²) in [5.41, 5.74) is 2.08. The number of amides is 3. The summed E-state index contributed by atoms with van der Waals surface area (Å²) in [5, 5.41) is 1.20. The molecule has 0 bridgehead atoms. The number of hydrogen-bond acceptors (Lipinski definition) is 6. The lowest BCUT2D eigenvalue weighted by Crippen LogP contribution is -2.36. The van der Waals surface area contributed by atoms with Crippen molar-refractivity contribution in [3.05, 3.63) is 29.3 Å². The largest absolute Gasteiger partial charge is 0.491 e. The average Bonchev–Trinajstić information content (AvgIpc) is 2.93. The average molecular weight is 433 g/mol. The standard InChI is InChI=1S/C22H28N2O5S/c1-28-20(14-5-3-2-4-6-14)15-7-8-17-16(11-15)13-24(9-10-29-17)19(25)12-18-21(26)23-22(27)30-18/h7-8,11,14,18,20H,2-6,9-10,12-13H2,1H3,(H,23,26,27)/t18-,20+/m0/s1. The second-order valence-electron chi connectivity index (χ2n) is 8.17. The summed E-state index contributed by atoms with van der Waals surface area (Å²) in [6.45, 7) is 1.28. The van der Waals surface area contributed by atoms with Crippen molar-refractivity contribution < 1.29 is 23.9 Å². The third kappa shape index (κ3) is 4.64. The van der Waals surface area contributed by atoms with E-state index < -0.39 is 5.25 Å². The molecule has 0 aromatic heterocycles. The normalized spacial score (nSPS) is 23.4. The minimum atomic E-state index is -0.649. The zero-order valence-electron chi connectivity index (χ0n) is 17.2. The van der Waals surface area contributed by atoms with Crippen molar-refractivity contribution in [2.24, 2.45) is 5.92 Å². The first-order valence-corrected chi connectivity index (χ1v) is 11.5. The molecule has 162 valence electrons. The number of thioether (sulfide) groups is 1. The van der Waals surface area contributed by atoms with Gasteiger partial charge in [0.2, 0.25) is 11.8 Å². The number of methoxy groups -OCH3 is 1. The highest BCUT2D eigenvalue weighted by molar-refractivity contribution is 8.15. The van der Waals surface area contributed by atoms with Gasteiger partial charge in [0.15, 0.2) is 0 Å². The van der Waals surface area contributed by atoms with E-state index in [4.69, 9.17) is 9.47 Å². The molecule has 4 rings (SSSR count). The predicted molar refractivity (Wildman–Crippen MR) is 113 cm³/mol. The summed E-state index contributed by atoms with van der Waals surface area (Å²) in [4.78, 5) is 37.7. The molecule has 1 N–H and O–H groups in total. The van der Waals surface area contributed by atoms with Gasteiger partial charge < -0.3 is 14.4 Å². The molecule has 30 heavy (non-hydrogen) atoms. The molecule has 1 aliphatic carbocycles. The summed E-state index contributed by atoms with van der Waals surface area (Å²) < 4.78 is 11.8. The highest BCUT2D eigenvalue weighted by Crippen LogP contribution is 2.38. The summed E-state index contributed by atoms with van der Waals surface area (Å²) in [5.74, 6) is 0.773. The van der Waals surface area contributed by atoms with Crippen LogP contribution in [0.2, 0.25) is 0 Å². The number of nitrogens with zero attached hydrogens (tertiary/aromatic N) is 1. The molecule has 2 aliphatic heterocycles. The van der Waals surface area contributed by atoms with Crippen LogP contribution in [0.3, 0.4) is 0 Å². The van der Waals surface area contributed by atoms with Crippen molar-refractivity contribution >= 4 is 28.8 Å². The van der Waals surface area contributed by atoms with Crippen molar-refractivity contribution in [2.45, 2.75) is 56.4 Å². The molecule has 3 amide bonds. The van der Waals surface area contributed by atoms with E-state index >= 15 is 0 Å². The van der Waals surface area contributed by atoms with Crippen LogP contribution in [0.15, 0.2) is 18.2 Å². The fraction of sp³-hybridized carbons (Fsp3) is 0.591. The quantitative estimate of drug-likeness (QED) is 0.768. The Morgan fingerprint density at radius 2 is 2.10 bits per heavy atom. The second-order valence-corrected chi connectivity index (χ2v) is 9.35. The zero-order chi connectivity index (χ0) is 21.1. The van der Waals surface area contributed by atoms with Gasteiger partial charge in [-0.05, 0) is 36.5 Å². The summed E-state index contributed by atoms with van der Waals surface area (Å²) in [6.07, 6.45) is 6.21. The molecule has 7 nitrogen and oxygen atoms in total. The van der Waals surface area contributed by atoms with Gasteiger partial charge in [-0.3, -0.25) is 19.7 Å². The third-order valence-corrected chi connectivity index (χ3v) is 7.19. The van der Waals surface area contributed by atoms with E-state index in [1.807, 2.05) is 6.07 Å². The third-order valence-electron chi connectivity index (χ3n) is 6.20. The highest BCUT2D eigenvalue weighted by Gasteiger charge is 2.35. The lowest BCUT2D eigenvalue weighted by molar-refractivity contribution is -0.133. The van der Waals surface area contributed by atoms with Crippen LogP contribution in [0.4, 0.5) is 4.79 Å². The van der Waals surface area contributed by atoms with E-state index in [1.165, 1.54) is 32.1 Å². The molecule has 0 radical (unpaired) electrons. The molecular weight excluding hydrogens is 404 g/mol. The van der Waals surface area contributed by atoms with E-state index in [-0.39, 0.29) is 29.6 Å². The van der Waals surface area contributed by atoms with Crippen LogP contribution in [0.1, 0.15) is 55.8 Å². The molecule has 2 heterocycles. The van der Waals surface area contributed by atoms with Crippen molar-refractivity contribution in [1.82, 2.24) is 10.2 Å². The van der Waals surface area contributed by atoms with Crippen LogP contribution >= 0.6 is 11.8 Å². The number of hydrogen-bond donors (Lipinski definition) is 1. The second kappa shape index (κ2) is 9.39. The highest BCUT2D eigenvalue weighted by atomic mass is 32.2. The molecule has 0 unspecified atom stereocenters. The first kappa shape index (κ1) is 21.2. The molecular formula is C22H28N2O5S. The summed E-state index contributed by atoms with van der Waals surface area (Å²) in [7, 11) is 1.77. The Bertz CT molecular complexity index is 824. The number of imide groups is 1. The topological polar surface area (TPSA) is 84.9 Å². The molecule has 2 atom stereocenters. The van der Waals surface area contributed by atoms with Crippen LogP contribution in [0, 0.1) is 5.92 Å². The van der Waals surface area contributed by atoms with Gasteiger partial charge in [0, 0.05) is 25.6 Å². The van der Waals surface area contributed by atoms with Gasteiger partial charge in [0.05, 0.1) is 12.6 Å². The van der Waals surface area contributed by atoms with Crippen LogP contribution in [-0.4, -0.2) is 47.5 Å². The SMILES string of the molecule is CO[C@@H](c1ccc2c(c1)CN(C(=O)C[C@@H]1SC(=O)NC1=O)CCO2)C1CCCCC1. The Balaban J connectivity index is 1.48. The van der Waals surface area contributed by atoms with Crippen molar-refractivity contribution in [3.63, 3.8) is 0 Å². The Labute approximate surface area is 180 Å². The van der Waals surface area contributed by atoms with Crippen molar-refractivity contribution in [2.75, 3.05) is 20.3 Å². The number of carbonyl (C=O) groups is 3. The molecule has 2 fully saturated rings. The van der Waals surface area contributed by atoms with Gasteiger partial charge in [-0.1, -0.05) is 37.1 Å². The van der Waals surface area contributed by atoms with Crippen LogP contribution in [0.25, 0.3) is 0 Å². The first-order valence-electron chi connectivity index (χ1n) is 10.6. The summed E-state index contributed by atoms with van der Waals surface area (Å²) in [6, 6.07) is 6.15. The predicted octanol–water partition coefficient (Wildman–Crippen LogP) is 3.42. The molecule has 0 spiro atoms. The minimum Gasteiger partial charge on any atom is -0.491 e. The van der Waals surface area contributed by atoms with Gasteiger partial charge in [0.25, 0.3) is 5.24 Å². The number of nitrogens with one attached hydrogen (secondary N) is 1. The summed E-state index contributed by atoms with van der Waals surface area (Å²) >= 11 is 0.887. The molecule has 3 aliphatic rings. The molecule has 1 aromatic rings. The molecule has 1 saturated heterocycles. The molecule has 1 aromatic carbocycles. The maximum absolute atomic E-state index is 12.8. The van der Waals surface area contributed by atoms with Crippen LogP contribution < -0.4 is 10.1 Å². The van der Waals surface area contributed by atoms with Crippen LogP contribution in [-0.2, 0) is 20.9 Å². The fourth-order valence-electron chi connectivity index (χ4n) is 4.66. The number of carbonyl (C=O) groups excluding carboxylic acids is 3. The van der Waals surface area contributed by atoms with Gasteiger partial charge in [-0.25, -0.2) is 0 Å². The van der Waals surface area contributed by atoms with Crippen molar-refractivity contribution in [3.8, 4) is 5.75 Å². The minimum absolute atomic E-state index is 0.0139. The smallest absolute Gasteiger partial charge is 0.286 e. The van der Waals surface area contributed by atoms with Gasteiger partial charge in [-0.15, -0.1) is 0 Å². The lowest BCUT2D eigenvalue weighted by Gasteiger charge is -2.30. The van der Waals surface area contributed by atoms with Gasteiger partial charge >= 0.3 is 0 Å². The Morgan fingerprint density at radius 1 is 1.30 bits per heavy atom. The zero-order valence-corrected chi connectivity index (χ0v) is 18.0. The fourth-order valence-corrected chi connectivity index (χ4v) is 5.47. The van der Waals surface area contributed by atoms with E-state index in [0.717, 1.165) is 28.6 Å². The number of fused-ring (bicyclic) bond motifs is 1. The lowest BCUT2D eigenvalue weighted by atomic mass is 9.82. The monoisotopic (exact) mass is 432 g/mol. The van der Waals surface area contributed by atoms with Crippen molar-refractivity contribution in [1.29, 1.82) is 0 Å². The van der Waals surface area contributed by atoms with Gasteiger partial charge in [0.1, 0.15) is 17.6 Å². The number of benzene rings is 1. The number of rotatable bonds is 5.